The van der Waals surface area contributed by atoms with Crippen molar-refractivity contribution in [3.8, 4) is 5.75 Å². The highest BCUT2D eigenvalue weighted by molar-refractivity contribution is 5.88. The number of benzene rings is 1. The fraction of sp³-hybridized carbons (Fsp3) is 0.200. The predicted octanol–water partition coefficient (Wildman–Crippen LogP) is 1.38. The summed E-state index contributed by atoms with van der Waals surface area (Å²) in [6.07, 6.45) is 0. The van der Waals surface area contributed by atoms with Gasteiger partial charge in [0, 0.05) is 12.4 Å². The number of rotatable bonds is 1. The number of para-hydroxylation sites is 1. The lowest BCUT2D eigenvalue weighted by Crippen LogP contribution is -1.94. The number of hydrogen-bond donors (Lipinski definition) is 2. The van der Waals surface area contributed by atoms with Crippen molar-refractivity contribution in [3.05, 3.63) is 30.0 Å². The van der Waals surface area contributed by atoms with E-state index in [-0.39, 0.29) is 12.4 Å². The first kappa shape index (κ1) is 8.13. The molecule has 0 atom stereocenters. The summed E-state index contributed by atoms with van der Waals surface area (Å²) < 4.78 is 1.80. The second-order valence-corrected chi connectivity index (χ2v) is 3.03. The van der Waals surface area contributed by atoms with Gasteiger partial charge in [-0.3, -0.25) is 0 Å². The number of aromatic nitrogens is 1. The zero-order valence-corrected chi connectivity index (χ0v) is 7.36. The zero-order valence-electron chi connectivity index (χ0n) is 7.36. The van der Waals surface area contributed by atoms with Gasteiger partial charge < -0.3 is 14.8 Å². The SMILES string of the molecule is Cn1c(CO)c(O)c2ccccc21. The van der Waals surface area contributed by atoms with Crippen LogP contribution in [-0.2, 0) is 13.7 Å². The molecule has 0 saturated carbocycles. The van der Waals surface area contributed by atoms with Crippen molar-refractivity contribution in [2.75, 3.05) is 0 Å². The van der Waals surface area contributed by atoms with Crippen LogP contribution in [0.4, 0.5) is 0 Å². The topological polar surface area (TPSA) is 45.4 Å². The Morgan fingerprint density at radius 3 is 2.62 bits per heavy atom. The van der Waals surface area contributed by atoms with Gasteiger partial charge in [-0.15, -0.1) is 0 Å². The van der Waals surface area contributed by atoms with Crippen LogP contribution in [-0.4, -0.2) is 14.8 Å². The molecule has 2 rings (SSSR count). The van der Waals surface area contributed by atoms with Crippen LogP contribution < -0.4 is 0 Å². The third-order valence-corrected chi connectivity index (χ3v) is 2.35. The van der Waals surface area contributed by atoms with Crippen molar-refractivity contribution in [3.63, 3.8) is 0 Å². The quantitative estimate of drug-likeness (QED) is 0.691. The van der Waals surface area contributed by atoms with Crippen molar-refractivity contribution < 1.29 is 10.2 Å². The standard InChI is InChI=1S/C10H11NO2/c1-11-8-5-3-2-4-7(8)10(13)9(11)6-12/h2-5,12-13H,6H2,1H3. The minimum atomic E-state index is -0.142. The van der Waals surface area contributed by atoms with Gasteiger partial charge >= 0.3 is 0 Å². The van der Waals surface area contributed by atoms with Crippen molar-refractivity contribution in [2.24, 2.45) is 7.05 Å². The van der Waals surface area contributed by atoms with Crippen LogP contribution in [0.3, 0.4) is 0 Å². The van der Waals surface area contributed by atoms with Crippen LogP contribution >= 0.6 is 0 Å². The van der Waals surface area contributed by atoms with Gasteiger partial charge in [0.25, 0.3) is 0 Å². The molecule has 1 heterocycles. The number of aryl methyl sites for hydroxylation is 1. The summed E-state index contributed by atoms with van der Waals surface area (Å²) in [5.41, 5.74) is 1.49. The Labute approximate surface area is 75.9 Å². The van der Waals surface area contributed by atoms with E-state index >= 15 is 0 Å². The second kappa shape index (κ2) is 2.78. The molecule has 3 nitrogen and oxygen atoms in total. The molecule has 13 heavy (non-hydrogen) atoms. The van der Waals surface area contributed by atoms with Gasteiger partial charge in [-0.1, -0.05) is 12.1 Å². The van der Waals surface area contributed by atoms with E-state index in [1.807, 2.05) is 31.3 Å². The maximum absolute atomic E-state index is 9.69. The normalized spacial score (nSPS) is 10.9. The number of nitrogens with zero attached hydrogens (tertiary/aromatic N) is 1. The highest BCUT2D eigenvalue weighted by Gasteiger charge is 2.11. The van der Waals surface area contributed by atoms with Gasteiger partial charge in [0.2, 0.25) is 0 Å². The Balaban J connectivity index is 2.88. The van der Waals surface area contributed by atoms with E-state index in [4.69, 9.17) is 5.11 Å². The van der Waals surface area contributed by atoms with E-state index < -0.39 is 0 Å². The zero-order chi connectivity index (χ0) is 9.42. The Hall–Kier alpha value is -1.48. The summed E-state index contributed by atoms with van der Waals surface area (Å²) in [5, 5.41) is 19.5. The molecule has 0 radical (unpaired) electrons. The largest absolute Gasteiger partial charge is 0.505 e. The van der Waals surface area contributed by atoms with Gasteiger partial charge in [0.15, 0.2) is 0 Å². The van der Waals surface area contributed by atoms with Crippen LogP contribution in [0.2, 0.25) is 0 Å². The van der Waals surface area contributed by atoms with E-state index in [1.54, 1.807) is 4.57 Å². The van der Waals surface area contributed by atoms with Crippen LogP contribution in [0, 0.1) is 0 Å². The summed E-state index contributed by atoms with van der Waals surface area (Å²) in [6, 6.07) is 7.52. The Morgan fingerprint density at radius 1 is 1.31 bits per heavy atom. The average Bonchev–Trinajstić information content (AvgIpc) is 2.41. The third-order valence-electron chi connectivity index (χ3n) is 2.35. The Bertz CT molecular complexity index is 406. The fourth-order valence-corrected chi connectivity index (χ4v) is 1.61. The maximum Gasteiger partial charge on any atom is 0.146 e. The fourth-order valence-electron chi connectivity index (χ4n) is 1.61. The lowest BCUT2D eigenvalue weighted by Gasteiger charge is -1.99. The molecule has 2 N–H and O–H groups in total. The molecule has 1 aromatic carbocycles. The van der Waals surface area contributed by atoms with Gasteiger partial charge in [-0.05, 0) is 12.1 Å². The summed E-state index contributed by atoms with van der Waals surface area (Å²) in [5.74, 6) is 0.181. The molecule has 0 saturated heterocycles. The van der Waals surface area contributed by atoms with E-state index in [2.05, 4.69) is 0 Å². The van der Waals surface area contributed by atoms with Crippen LogP contribution in [0.5, 0.6) is 5.75 Å². The van der Waals surface area contributed by atoms with Gasteiger partial charge in [0.05, 0.1) is 17.8 Å². The second-order valence-electron chi connectivity index (χ2n) is 3.03. The van der Waals surface area contributed by atoms with E-state index in [1.165, 1.54) is 0 Å². The van der Waals surface area contributed by atoms with E-state index in [0.717, 1.165) is 10.9 Å². The molecule has 0 amide bonds. The molecule has 0 bridgehead atoms. The number of aliphatic hydroxyl groups is 1. The molecule has 68 valence electrons. The molecule has 3 heteroatoms. The first-order valence-electron chi connectivity index (χ1n) is 4.12. The highest BCUT2D eigenvalue weighted by atomic mass is 16.3. The smallest absolute Gasteiger partial charge is 0.146 e. The highest BCUT2D eigenvalue weighted by Crippen LogP contribution is 2.30. The summed E-state index contributed by atoms with van der Waals surface area (Å²) >= 11 is 0. The van der Waals surface area contributed by atoms with Crippen LogP contribution in [0.1, 0.15) is 5.69 Å². The minimum Gasteiger partial charge on any atom is -0.505 e. The van der Waals surface area contributed by atoms with Crippen molar-refractivity contribution >= 4 is 10.9 Å². The average molecular weight is 177 g/mol. The van der Waals surface area contributed by atoms with Gasteiger partial charge in [-0.25, -0.2) is 0 Å². The summed E-state index contributed by atoms with van der Waals surface area (Å²) in [7, 11) is 1.83. The summed E-state index contributed by atoms with van der Waals surface area (Å²) in [6.45, 7) is -0.142. The predicted molar refractivity (Wildman–Crippen MR) is 50.5 cm³/mol. The minimum absolute atomic E-state index is 0.142. The molecule has 0 aliphatic rings. The molecule has 0 spiro atoms. The van der Waals surface area contributed by atoms with Crippen LogP contribution in [0.25, 0.3) is 10.9 Å². The van der Waals surface area contributed by atoms with E-state index in [9.17, 15) is 5.11 Å². The molecule has 1 aromatic heterocycles. The van der Waals surface area contributed by atoms with Crippen LogP contribution in [0.15, 0.2) is 24.3 Å². The molecule has 0 unspecified atom stereocenters. The molecule has 0 aliphatic heterocycles. The summed E-state index contributed by atoms with van der Waals surface area (Å²) in [4.78, 5) is 0. The third kappa shape index (κ3) is 1.01. The molecule has 2 aromatic rings. The first-order chi connectivity index (χ1) is 6.25. The number of fused-ring (bicyclic) bond motifs is 1. The molecule has 0 fully saturated rings. The van der Waals surface area contributed by atoms with Crippen molar-refractivity contribution in [1.82, 2.24) is 4.57 Å². The number of aromatic hydroxyl groups is 1. The van der Waals surface area contributed by atoms with Gasteiger partial charge in [-0.2, -0.15) is 0 Å². The van der Waals surface area contributed by atoms with Gasteiger partial charge in [0.1, 0.15) is 5.75 Å². The Morgan fingerprint density at radius 2 is 2.00 bits per heavy atom. The molecule has 0 aliphatic carbocycles. The Kier molecular flexibility index (Phi) is 1.74. The first-order valence-corrected chi connectivity index (χ1v) is 4.12. The molecular formula is C10H11NO2. The maximum atomic E-state index is 9.69. The van der Waals surface area contributed by atoms with E-state index in [0.29, 0.717) is 5.69 Å². The monoisotopic (exact) mass is 177 g/mol. The lowest BCUT2D eigenvalue weighted by atomic mass is 10.2. The molecular weight excluding hydrogens is 166 g/mol. The number of aliphatic hydroxyl groups excluding tert-OH is 1. The van der Waals surface area contributed by atoms with Crippen molar-refractivity contribution in [1.29, 1.82) is 0 Å². The number of hydrogen-bond acceptors (Lipinski definition) is 2. The lowest BCUT2D eigenvalue weighted by molar-refractivity contribution is 0.267. The van der Waals surface area contributed by atoms with Crippen molar-refractivity contribution in [2.45, 2.75) is 6.61 Å².